The van der Waals surface area contributed by atoms with Crippen molar-refractivity contribution in [1.29, 1.82) is 0 Å². The third kappa shape index (κ3) is 2.41. The number of hydrogen-bond donors (Lipinski definition) is 1. The predicted octanol–water partition coefficient (Wildman–Crippen LogP) is 0.554. The van der Waals surface area contributed by atoms with Gasteiger partial charge in [0.05, 0.1) is 0 Å². The maximum Gasteiger partial charge on any atom is 0.245 e. The zero-order chi connectivity index (χ0) is 12.3. The lowest BCUT2D eigenvalue weighted by Gasteiger charge is -2.39. The predicted molar refractivity (Wildman–Crippen MR) is 66.6 cm³/mol. The van der Waals surface area contributed by atoms with Crippen LogP contribution in [0.5, 0.6) is 0 Å². The fourth-order valence-electron chi connectivity index (χ4n) is 2.87. The van der Waals surface area contributed by atoms with Gasteiger partial charge < -0.3 is 10.6 Å². The van der Waals surface area contributed by atoms with Crippen LogP contribution in [0.4, 0.5) is 5.95 Å². The molecule has 2 atom stereocenters. The molecule has 96 valence electrons. The summed E-state index contributed by atoms with van der Waals surface area (Å²) < 4.78 is 1.74. The van der Waals surface area contributed by atoms with Crippen LogP contribution in [0, 0.1) is 5.92 Å². The quantitative estimate of drug-likeness (QED) is 0.829. The smallest absolute Gasteiger partial charge is 0.245 e. The molecule has 1 saturated carbocycles. The Morgan fingerprint density at radius 2 is 2.18 bits per heavy atom. The highest BCUT2D eigenvalue weighted by atomic mass is 15.6. The van der Waals surface area contributed by atoms with Crippen LogP contribution in [0.15, 0.2) is 0 Å². The molecule has 0 bridgehead atoms. The number of nitrogens with zero attached hydrogens (tertiary/aromatic N) is 5. The van der Waals surface area contributed by atoms with E-state index in [2.05, 4.69) is 27.3 Å². The molecule has 1 heterocycles. The average molecular weight is 238 g/mol. The van der Waals surface area contributed by atoms with Gasteiger partial charge in [0, 0.05) is 19.6 Å². The lowest BCUT2D eigenvalue weighted by molar-refractivity contribution is 0.297. The van der Waals surface area contributed by atoms with Gasteiger partial charge >= 0.3 is 0 Å². The minimum absolute atomic E-state index is 0.489. The largest absolute Gasteiger partial charge is 0.337 e. The van der Waals surface area contributed by atoms with E-state index in [1.165, 1.54) is 25.7 Å². The minimum atomic E-state index is 0.489. The van der Waals surface area contributed by atoms with Gasteiger partial charge in [-0.05, 0) is 42.7 Å². The normalized spacial score (nSPS) is 24.9. The molecule has 0 radical (unpaired) electrons. The Labute approximate surface area is 102 Å². The van der Waals surface area contributed by atoms with Crippen LogP contribution in [0.25, 0.3) is 0 Å². The summed E-state index contributed by atoms with van der Waals surface area (Å²) in [6.07, 6.45) is 5.00. The first kappa shape index (κ1) is 12.3. The first-order valence-electron chi connectivity index (χ1n) is 6.47. The molecule has 0 aromatic carbocycles. The summed E-state index contributed by atoms with van der Waals surface area (Å²) in [6, 6.07) is 0.489. The second kappa shape index (κ2) is 5.44. The second-order valence-corrected chi connectivity index (χ2v) is 4.74. The van der Waals surface area contributed by atoms with Crippen LogP contribution in [0.3, 0.4) is 0 Å². The van der Waals surface area contributed by atoms with E-state index < -0.39 is 0 Å². The number of rotatable bonds is 4. The molecule has 2 N–H and O–H groups in total. The fourth-order valence-corrected chi connectivity index (χ4v) is 2.87. The molecular formula is C11H22N6. The van der Waals surface area contributed by atoms with Crippen molar-refractivity contribution in [1.82, 2.24) is 20.2 Å². The van der Waals surface area contributed by atoms with Crippen molar-refractivity contribution in [2.24, 2.45) is 18.7 Å². The number of aryl methyl sites for hydroxylation is 1. The van der Waals surface area contributed by atoms with Crippen LogP contribution in [0.1, 0.15) is 32.6 Å². The standard InChI is InChI=1S/C11H22N6/c1-3-17(11-13-14-15-16(11)2)10-7-5-4-6-9(10)8-12/h9-10H,3-8,12H2,1-2H3. The summed E-state index contributed by atoms with van der Waals surface area (Å²) in [5, 5.41) is 11.8. The Kier molecular flexibility index (Phi) is 3.93. The van der Waals surface area contributed by atoms with Gasteiger partial charge in [-0.25, -0.2) is 4.68 Å². The lowest BCUT2D eigenvalue weighted by atomic mass is 9.83. The van der Waals surface area contributed by atoms with E-state index in [9.17, 15) is 0 Å². The SMILES string of the molecule is CCN(c1nnnn1C)C1CCCCC1CN. The highest BCUT2D eigenvalue weighted by Crippen LogP contribution is 2.29. The van der Waals surface area contributed by atoms with E-state index >= 15 is 0 Å². The Hall–Kier alpha value is -1.17. The molecule has 1 fully saturated rings. The first-order chi connectivity index (χ1) is 8.27. The third-order valence-electron chi connectivity index (χ3n) is 3.77. The number of nitrogens with two attached hydrogens (primary N) is 1. The zero-order valence-corrected chi connectivity index (χ0v) is 10.7. The number of hydrogen-bond acceptors (Lipinski definition) is 5. The van der Waals surface area contributed by atoms with E-state index in [1.807, 2.05) is 7.05 Å². The van der Waals surface area contributed by atoms with E-state index in [1.54, 1.807) is 4.68 Å². The van der Waals surface area contributed by atoms with Crippen molar-refractivity contribution in [2.75, 3.05) is 18.0 Å². The highest BCUT2D eigenvalue weighted by molar-refractivity contribution is 5.30. The van der Waals surface area contributed by atoms with Crippen LogP contribution < -0.4 is 10.6 Å². The van der Waals surface area contributed by atoms with Gasteiger partial charge in [-0.1, -0.05) is 17.9 Å². The van der Waals surface area contributed by atoms with E-state index in [-0.39, 0.29) is 0 Å². The second-order valence-electron chi connectivity index (χ2n) is 4.74. The molecule has 6 heteroatoms. The highest BCUT2D eigenvalue weighted by Gasteiger charge is 2.30. The molecule has 0 spiro atoms. The summed E-state index contributed by atoms with van der Waals surface area (Å²) in [7, 11) is 1.89. The van der Waals surface area contributed by atoms with Gasteiger partial charge in [-0.15, -0.1) is 0 Å². The maximum atomic E-state index is 5.89. The van der Waals surface area contributed by atoms with Gasteiger partial charge in [0.25, 0.3) is 0 Å². The molecule has 17 heavy (non-hydrogen) atoms. The zero-order valence-electron chi connectivity index (χ0n) is 10.7. The summed E-state index contributed by atoms with van der Waals surface area (Å²) in [6.45, 7) is 3.83. The van der Waals surface area contributed by atoms with Gasteiger partial charge in [-0.3, -0.25) is 0 Å². The minimum Gasteiger partial charge on any atom is -0.337 e. The Morgan fingerprint density at radius 3 is 2.76 bits per heavy atom. The van der Waals surface area contributed by atoms with Crippen LogP contribution in [0.2, 0.25) is 0 Å². The topological polar surface area (TPSA) is 72.9 Å². The number of anilines is 1. The summed E-state index contributed by atoms with van der Waals surface area (Å²) >= 11 is 0. The van der Waals surface area contributed by atoms with Gasteiger partial charge in [-0.2, -0.15) is 0 Å². The van der Waals surface area contributed by atoms with Crippen molar-refractivity contribution in [2.45, 2.75) is 38.6 Å². The molecule has 6 nitrogen and oxygen atoms in total. The lowest BCUT2D eigenvalue weighted by Crippen LogP contribution is -2.46. The molecule has 0 saturated heterocycles. The Morgan fingerprint density at radius 1 is 1.41 bits per heavy atom. The van der Waals surface area contributed by atoms with Crippen molar-refractivity contribution >= 4 is 5.95 Å². The van der Waals surface area contributed by atoms with Gasteiger partial charge in [0.2, 0.25) is 5.95 Å². The Bertz CT molecular complexity index is 349. The average Bonchev–Trinajstić information content (AvgIpc) is 2.78. The van der Waals surface area contributed by atoms with Crippen LogP contribution >= 0.6 is 0 Å². The summed E-state index contributed by atoms with van der Waals surface area (Å²) in [5.41, 5.74) is 5.89. The molecule has 1 aromatic heterocycles. The van der Waals surface area contributed by atoms with E-state index in [0.717, 1.165) is 19.0 Å². The maximum absolute atomic E-state index is 5.89. The van der Waals surface area contributed by atoms with Crippen molar-refractivity contribution in [3.8, 4) is 0 Å². The molecule has 1 aliphatic carbocycles. The molecule has 0 amide bonds. The number of aromatic nitrogens is 4. The monoisotopic (exact) mass is 238 g/mol. The Balaban J connectivity index is 2.19. The molecule has 2 rings (SSSR count). The van der Waals surface area contributed by atoms with Crippen molar-refractivity contribution in [3.63, 3.8) is 0 Å². The third-order valence-corrected chi connectivity index (χ3v) is 3.77. The summed E-state index contributed by atoms with van der Waals surface area (Å²) in [5.74, 6) is 1.43. The van der Waals surface area contributed by atoms with Crippen LogP contribution in [-0.2, 0) is 7.05 Å². The first-order valence-corrected chi connectivity index (χ1v) is 6.47. The van der Waals surface area contributed by atoms with Gasteiger partial charge in [0.1, 0.15) is 0 Å². The van der Waals surface area contributed by atoms with Crippen LogP contribution in [-0.4, -0.2) is 39.3 Å². The van der Waals surface area contributed by atoms with E-state index in [4.69, 9.17) is 5.73 Å². The molecule has 1 aromatic rings. The van der Waals surface area contributed by atoms with E-state index in [0.29, 0.717) is 12.0 Å². The molecular weight excluding hydrogens is 216 g/mol. The fraction of sp³-hybridized carbons (Fsp3) is 0.909. The molecule has 1 aliphatic rings. The molecule has 0 aliphatic heterocycles. The summed E-state index contributed by atoms with van der Waals surface area (Å²) in [4.78, 5) is 2.30. The van der Waals surface area contributed by atoms with Gasteiger partial charge in [0.15, 0.2) is 0 Å². The van der Waals surface area contributed by atoms with Crippen molar-refractivity contribution in [3.05, 3.63) is 0 Å². The van der Waals surface area contributed by atoms with Crippen molar-refractivity contribution < 1.29 is 0 Å². The molecule has 2 unspecified atom stereocenters. The number of tetrazole rings is 1.